The van der Waals surface area contributed by atoms with Crippen molar-refractivity contribution in [3.63, 3.8) is 0 Å². The number of likely N-dealkylation sites (tertiary alicyclic amines) is 1. The van der Waals surface area contributed by atoms with Gasteiger partial charge in [-0.1, -0.05) is 6.07 Å². The van der Waals surface area contributed by atoms with Crippen molar-refractivity contribution in [2.75, 3.05) is 6.54 Å². The lowest BCUT2D eigenvalue weighted by Gasteiger charge is -2.28. The molecule has 1 aliphatic heterocycles. The number of benzene rings is 1. The standard InChI is InChI=1S/C13H15F2NO2/c1-8(10-5-4-9(14)7-11(10)15)16-6-2-3-12(16)13(17)18/h4-5,7-8,12H,2-3,6H2,1H3,(H,17,18). The van der Waals surface area contributed by atoms with Gasteiger partial charge in [0, 0.05) is 17.7 Å². The second kappa shape index (κ2) is 5.02. The first-order valence-electron chi connectivity index (χ1n) is 5.94. The number of nitrogens with zero attached hydrogens (tertiary/aromatic N) is 1. The zero-order chi connectivity index (χ0) is 13.3. The molecule has 0 saturated carbocycles. The largest absolute Gasteiger partial charge is 0.480 e. The molecule has 18 heavy (non-hydrogen) atoms. The highest BCUT2D eigenvalue weighted by Gasteiger charge is 2.34. The van der Waals surface area contributed by atoms with E-state index in [1.807, 2.05) is 0 Å². The average Bonchev–Trinajstić information content (AvgIpc) is 2.77. The fourth-order valence-corrected chi connectivity index (χ4v) is 2.54. The van der Waals surface area contributed by atoms with Crippen LogP contribution in [0.3, 0.4) is 0 Å². The van der Waals surface area contributed by atoms with E-state index in [1.165, 1.54) is 12.1 Å². The normalized spacial score (nSPS) is 22.1. The van der Waals surface area contributed by atoms with Gasteiger partial charge in [-0.25, -0.2) is 8.78 Å². The van der Waals surface area contributed by atoms with Crippen molar-refractivity contribution in [2.45, 2.75) is 31.8 Å². The minimum Gasteiger partial charge on any atom is -0.480 e. The van der Waals surface area contributed by atoms with Crippen LogP contribution < -0.4 is 0 Å². The topological polar surface area (TPSA) is 40.5 Å². The van der Waals surface area contributed by atoms with Crippen LogP contribution in [0, 0.1) is 11.6 Å². The van der Waals surface area contributed by atoms with Crippen LogP contribution in [0.1, 0.15) is 31.4 Å². The van der Waals surface area contributed by atoms with Crippen molar-refractivity contribution in [3.05, 3.63) is 35.4 Å². The van der Waals surface area contributed by atoms with Crippen LogP contribution in [-0.4, -0.2) is 28.6 Å². The predicted octanol–water partition coefficient (Wildman–Crippen LogP) is 2.57. The van der Waals surface area contributed by atoms with Crippen LogP contribution in [0.2, 0.25) is 0 Å². The SMILES string of the molecule is CC(c1ccc(F)cc1F)N1CCCC1C(=O)O. The Morgan fingerprint density at radius 1 is 1.50 bits per heavy atom. The Balaban J connectivity index is 2.25. The summed E-state index contributed by atoms with van der Waals surface area (Å²) in [6, 6.07) is 2.46. The minimum atomic E-state index is -0.887. The lowest BCUT2D eigenvalue weighted by molar-refractivity contribution is -0.142. The van der Waals surface area contributed by atoms with E-state index in [4.69, 9.17) is 5.11 Å². The number of aliphatic carboxylic acids is 1. The molecule has 0 aromatic heterocycles. The Kier molecular flexibility index (Phi) is 3.61. The minimum absolute atomic E-state index is 0.338. The summed E-state index contributed by atoms with van der Waals surface area (Å²) in [6.07, 6.45) is 1.35. The molecule has 0 bridgehead atoms. The van der Waals surface area contributed by atoms with Gasteiger partial charge in [-0.15, -0.1) is 0 Å². The number of carboxylic acids is 1. The summed E-state index contributed by atoms with van der Waals surface area (Å²) in [5.74, 6) is -2.14. The van der Waals surface area contributed by atoms with E-state index in [9.17, 15) is 13.6 Å². The number of halogens is 2. The van der Waals surface area contributed by atoms with Crippen LogP contribution in [0.15, 0.2) is 18.2 Å². The first-order valence-corrected chi connectivity index (χ1v) is 5.94. The van der Waals surface area contributed by atoms with E-state index in [0.29, 0.717) is 18.5 Å². The molecule has 2 atom stereocenters. The fraction of sp³-hybridized carbons (Fsp3) is 0.462. The van der Waals surface area contributed by atoms with Crippen LogP contribution in [0.4, 0.5) is 8.78 Å². The van der Waals surface area contributed by atoms with Gasteiger partial charge < -0.3 is 5.11 Å². The Morgan fingerprint density at radius 3 is 2.83 bits per heavy atom. The van der Waals surface area contributed by atoms with E-state index in [1.54, 1.807) is 11.8 Å². The third-order valence-corrected chi connectivity index (χ3v) is 3.49. The molecule has 1 aromatic rings. The summed E-state index contributed by atoms with van der Waals surface area (Å²) in [6.45, 7) is 2.37. The third kappa shape index (κ3) is 2.36. The number of hydrogen-bond acceptors (Lipinski definition) is 2. The molecule has 2 rings (SSSR count). The third-order valence-electron chi connectivity index (χ3n) is 3.49. The molecule has 0 aliphatic carbocycles. The highest BCUT2D eigenvalue weighted by molar-refractivity contribution is 5.73. The van der Waals surface area contributed by atoms with Gasteiger partial charge in [0.25, 0.3) is 0 Å². The smallest absolute Gasteiger partial charge is 0.320 e. The van der Waals surface area contributed by atoms with Crippen molar-refractivity contribution >= 4 is 5.97 Å². The van der Waals surface area contributed by atoms with Crippen molar-refractivity contribution in [2.24, 2.45) is 0 Å². The maximum atomic E-state index is 13.7. The molecule has 1 fully saturated rings. The molecule has 1 heterocycles. The fourth-order valence-electron chi connectivity index (χ4n) is 2.54. The van der Waals surface area contributed by atoms with E-state index >= 15 is 0 Å². The van der Waals surface area contributed by atoms with Crippen LogP contribution in [0.25, 0.3) is 0 Å². The molecule has 0 amide bonds. The van der Waals surface area contributed by atoms with E-state index in [-0.39, 0.29) is 6.04 Å². The van der Waals surface area contributed by atoms with Gasteiger partial charge in [0.2, 0.25) is 0 Å². The van der Waals surface area contributed by atoms with Crippen LogP contribution >= 0.6 is 0 Å². The van der Waals surface area contributed by atoms with Gasteiger partial charge in [0.15, 0.2) is 0 Å². The molecular formula is C13H15F2NO2. The van der Waals surface area contributed by atoms with Crippen molar-refractivity contribution in [1.29, 1.82) is 0 Å². The Labute approximate surface area is 104 Å². The molecule has 98 valence electrons. The first-order chi connectivity index (χ1) is 8.50. The molecule has 5 heteroatoms. The van der Waals surface area contributed by atoms with Crippen molar-refractivity contribution < 1.29 is 18.7 Å². The first kappa shape index (κ1) is 13.0. The number of rotatable bonds is 3. The molecule has 1 N–H and O–H groups in total. The number of hydrogen-bond donors (Lipinski definition) is 1. The molecule has 1 aliphatic rings. The summed E-state index contributed by atoms with van der Waals surface area (Å²) in [7, 11) is 0. The molecule has 0 radical (unpaired) electrons. The van der Waals surface area contributed by atoms with Crippen molar-refractivity contribution in [1.82, 2.24) is 4.90 Å². The summed E-state index contributed by atoms with van der Waals surface area (Å²) in [5, 5.41) is 9.10. The lowest BCUT2D eigenvalue weighted by Crippen LogP contribution is -2.38. The van der Waals surface area contributed by atoms with Gasteiger partial charge in [0.05, 0.1) is 0 Å². The van der Waals surface area contributed by atoms with Crippen LogP contribution in [-0.2, 0) is 4.79 Å². The monoisotopic (exact) mass is 255 g/mol. The summed E-state index contributed by atoms with van der Waals surface area (Å²) in [4.78, 5) is 12.8. The van der Waals surface area contributed by atoms with E-state index in [2.05, 4.69) is 0 Å². The molecular weight excluding hydrogens is 240 g/mol. The van der Waals surface area contributed by atoms with Gasteiger partial charge in [-0.2, -0.15) is 0 Å². The van der Waals surface area contributed by atoms with Gasteiger partial charge >= 0.3 is 5.97 Å². The van der Waals surface area contributed by atoms with Crippen LogP contribution in [0.5, 0.6) is 0 Å². The van der Waals surface area contributed by atoms with Crippen molar-refractivity contribution in [3.8, 4) is 0 Å². The maximum absolute atomic E-state index is 13.7. The second-order valence-electron chi connectivity index (χ2n) is 4.58. The Hall–Kier alpha value is -1.49. The van der Waals surface area contributed by atoms with Gasteiger partial charge in [0.1, 0.15) is 17.7 Å². The molecule has 1 aromatic carbocycles. The van der Waals surface area contributed by atoms with E-state index in [0.717, 1.165) is 12.5 Å². The molecule has 0 spiro atoms. The number of carbonyl (C=O) groups is 1. The quantitative estimate of drug-likeness (QED) is 0.902. The highest BCUT2D eigenvalue weighted by Crippen LogP contribution is 2.30. The summed E-state index contributed by atoms with van der Waals surface area (Å²) in [5.41, 5.74) is 0.338. The summed E-state index contributed by atoms with van der Waals surface area (Å²) < 4.78 is 26.5. The molecule has 1 saturated heterocycles. The number of carboxylic acid groups (broad SMARTS) is 1. The van der Waals surface area contributed by atoms with Gasteiger partial charge in [-0.05, 0) is 32.4 Å². The lowest BCUT2D eigenvalue weighted by atomic mass is 10.1. The van der Waals surface area contributed by atoms with E-state index < -0.39 is 23.6 Å². The Bertz CT molecular complexity index is 464. The average molecular weight is 255 g/mol. The Morgan fingerprint density at radius 2 is 2.22 bits per heavy atom. The predicted molar refractivity (Wildman–Crippen MR) is 62.1 cm³/mol. The highest BCUT2D eigenvalue weighted by atomic mass is 19.1. The summed E-state index contributed by atoms with van der Waals surface area (Å²) >= 11 is 0. The zero-order valence-electron chi connectivity index (χ0n) is 10.1. The zero-order valence-corrected chi connectivity index (χ0v) is 10.1. The maximum Gasteiger partial charge on any atom is 0.320 e. The molecule has 2 unspecified atom stereocenters. The second-order valence-corrected chi connectivity index (χ2v) is 4.58. The molecule has 3 nitrogen and oxygen atoms in total. The van der Waals surface area contributed by atoms with Gasteiger partial charge in [-0.3, -0.25) is 9.69 Å².